The molecule has 42 heavy (non-hydrogen) atoms. The zero-order valence-electron chi connectivity index (χ0n) is 23.5. The average molecular weight is 579 g/mol. The second-order valence-electron chi connectivity index (χ2n) is 10.9. The molecule has 1 amide bonds. The van der Waals surface area contributed by atoms with Gasteiger partial charge in [-0.25, -0.2) is 28.1 Å². The monoisotopic (exact) mass is 578 g/mol. The first-order valence-electron chi connectivity index (χ1n) is 14.4. The third-order valence-corrected chi connectivity index (χ3v) is 8.18. The van der Waals surface area contributed by atoms with E-state index < -0.39 is 6.43 Å². The summed E-state index contributed by atoms with van der Waals surface area (Å²) in [4.78, 5) is 30.7. The van der Waals surface area contributed by atoms with E-state index in [0.717, 1.165) is 19.3 Å². The fourth-order valence-electron chi connectivity index (χ4n) is 5.89. The van der Waals surface area contributed by atoms with Crippen molar-refractivity contribution in [3.05, 3.63) is 77.1 Å². The second-order valence-corrected chi connectivity index (χ2v) is 10.9. The Morgan fingerprint density at radius 3 is 2.62 bits per heavy atom. The molecule has 1 atom stereocenters. The van der Waals surface area contributed by atoms with Crippen molar-refractivity contribution in [2.24, 2.45) is 5.92 Å². The summed E-state index contributed by atoms with van der Waals surface area (Å²) in [6, 6.07) is 13.4. The number of aromatic nitrogens is 4. The molecule has 0 aliphatic carbocycles. The van der Waals surface area contributed by atoms with Crippen molar-refractivity contribution in [2.45, 2.75) is 39.0 Å². The Balaban J connectivity index is 1.20. The highest BCUT2D eigenvalue weighted by Gasteiger charge is 2.28. The smallest absolute Gasteiger partial charge is 0.296 e. The van der Waals surface area contributed by atoms with Crippen molar-refractivity contribution in [1.29, 1.82) is 0 Å². The van der Waals surface area contributed by atoms with Crippen molar-refractivity contribution in [1.82, 2.24) is 24.4 Å². The number of anilines is 1. The summed E-state index contributed by atoms with van der Waals surface area (Å²) in [5, 5.41) is 0. The van der Waals surface area contributed by atoms with Crippen molar-refractivity contribution in [3.63, 3.8) is 0 Å². The number of fused-ring (bicyclic) bond motifs is 1. The Labute approximate surface area is 242 Å². The summed E-state index contributed by atoms with van der Waals surface area (Å²) < 4.78 is 49.2. The van der Waals surface area contributed by atoms with Crippen LogP contribution in [0.5, 0.6) is 0 Å². The highest BCUT2D eigenvalue weighted by molar-refractivity contribution is 5.95. The van der Waals surface area contributed by atoms with Gasteiger partial charge in [-0.3, -0.25) is 9.36 Å². The van der Waals surface area contributed by atoms with Crippen LogP contribution >= 0.6 is 0 Å². The van der Waals surface area contributed by atoms with E-state index in [1.54, 1.807) is 54.3 Å². The molecule has 2 aromatic carbocycles. The van der Waals surface area contributed by atoms with Crippen molar-refractivity contribution in [3.8, 4) is 5.82 Å². The van der Waals surface area contributed by atoms with Gasteiger partial charge in [0.15, 0.2) is 5.82 Å². The highest BCUT2D eigenvalue weighted by atomic mass is 19.3. The molecule has 0 saturated carbocycles. The molecule has 220 valence electrons. The minimum atomic E-state index is -2.77. The number of hydrogen-bond donors (Lipinski definition) is 0. The first-order valence-corrected chi connectivity index (χ1v) is 14.4. The van der Waals surface area contributed by atoms with Gasteiger partial charge in [0, 0.05) is 44.2 Å². The number of para-hydroxylation sites is 2. The molecule has 2 saturated heterocycles. The number of amides is 1. The number of rotatable bonds is 8. The Kier molecular flexibility index (Phi) is 8.10. The van der Waals surface area contributed by atoms with Gasteiger partial charge >= 0.3 is 0 Å². The van der Waals surface area contributed by atoms with Crippen LogP contribution in [0.1, 0.15) is 53.3 Å². The first kappa shape index (κ1) is 28.1. The fraction of sp³-hybridized carbons (Fsp3) is 0.419. The third kappa shape index (κ3) is 5.70. The highest BCUT2D eigenvalue weighted by Crippen LogP contribution is 2.30. The number of alkyl halides is 2. The standard InChI is InChI=1S/C31H33F3N6O2/c1-20-22(7-5-8-23(20)32)31(41)39-13-12-21(19-39)6-4-11-26-36-27(38-14-16-42-17-15-38)18-28(37-26)40-25-10-3-2-9-24(25)35-30(40)29(33)34/h2-3,5,7-10,18,21,29H,4,6,11-17,19H2,1H3/t21-/m0/s1. The normalized spacial score (nSPS) is 17.5. The number of imidazole rings is 1. The van der Waals surface area contributed by atoms with E-state index in [1.165, 1.54) is 10.6 Å². The molecule has 4 aromatic rings. The third-order valence-electron chi connectivity index (χ3n) is 8.18. The predicted octanol–water partition coefficient (Wildman–Crippen LogP) is 5.52. The van der Waals surface area contributed by atoms with E-state index in [9.17, 15) is 18.0 Å². The molecule has 2 aromatic heterocycles. The predicted molar refractivity (Wildman–Crippen MR) is 153 cm³/mol. The largest absolute Gasteiger partial charge is 0.378 e. The van der Waals surface area contributed by atoms with Crippen LogP contribution in [0.2, 0.25) is 0 Å². The van der Waals surface area contributed by atoms with Gasteiger partial charge in [-0.1, -0.05) is 18.2 Å². The number of benzene rings is 2. The van der Waals surface area contributed by atoms with E-state index in [2.05, 4.69) is 9.88 Å². The summed E-state index contributed by atoms with van der Waals surface area (Å²) >= 11 is 0. The molecule has 0 bridgehead atoms. The summed E-state index contributed by atoms with van der Waals surface area (Å²) in [5.41, 5.74) is 1.83. The molecule has 8 nitrogen and oxygen atoms in total. The van der Waals surface area contributed by atoms with Crippen LogP contribution in [-0.4, -0.2) is 69.7 Å². The lowest BCUT2D eigenvalue weighted by Crippen LogP contribution is -2.37. The van der Waals surface area contributed by atoms with Gasteiger partial charge in [0.25, 0.3) is 12.3 Å². The molecular weight excluding hydrogens is 545 g/mol. The second kappa shape index (κ2) is 12.1. The van der Waals surface area contributed by atoms with Crippen LogP contribution in [0.3, 0.4) is 0 Å². The van der Waals surface area contributed by atoms with Crippen LogP contribution in [0.15, 0.2) is 48.5 Å². The maximum absolute atomic E-state index is 14.1. The lowest BCUT2D eigenvalue weighted by Gasteiger charge is -2.28. The van der Waals surface area contributed by atoms with E-state index in [0.29, 0.717) is 91.4 Å². The summed E-state index contributed by atoms with van der Waals surface area (Å²) in [5.74, 6) is 1.08. The van der Waals surface area contributed by atoms with E-state index in [4.69, 9.17) is 14.7 Å². The van der Waals surface area contributed by atoms with Crippen molar-refractivity contribution >= 4 is 22.8 Å². The molecule has 4 heterocycles. The van der Waals surface area contributed by atoms with E-state index >= 15 is 0 Å². The summed E-state index contributed by atoms with van der Waals surface area (Å²) in [6.07, 6.45) is 0.313. The lowest BCUT2D eigenvalue weighted by atomic mass is 10.0. The number of likely N-dealkylation sites (tertiary alicyclic amines) is 1. The molecule has 0 N–H and O–H groups in total. The zero-order chi connectivity index (χ0) is 29.2. The quantitative estimate of drug-likeness (QED) is 0.274. The molecule has 2 aliphatic heterocycles. The molecule has 0 spiro atoms. The Hall–Kier alpha value is -3.99. The zero-order valence-corrected chi connectivity index (χ0v) is 23.5. The van der Waals surface area contributed by atoms with Gasteiger partial charge in [0.1, 0.15) is 23.3 Å². The first-order chi connectivity index (χ1) is 20.4. The molecule has 2 fully saturated rings. The number of nitrogens with zero attached hydrogens (tertiary/aromatic N) is 6. The minimum Gasteiger partial charge on any atom is -0.378 e. The van der Waals surface area contributed by atoms with Crippen LogP contribution in [0, 0.1) is 18.7 Å². The lowest BCUT2D eigenvalue weighted by molar-refractivity contribution is 0.0785. The average Bonchev–Trinajstić information content (AvgIpc) is 3.64. The van der Waals surface area contributed by atoms with Crippen molar-refractivity contribution in [2.75, 3.05) is 44.3 Å². The number of morpholine rings is 1. The van der Waals surface area contributed by atoms with Gasteiger partial charge in [-0.15, -0.1) is 0 Å². The molecule has 0 radical (unpaired) electrons. The van der Waals surface area contributed by atoms with Gasteiger partial charge < -0.3 is 14.5 Å². The number of aryl methyl sites for hydroxylation is 1. The summed E-state index contributed by atoms with van der Waals surface area (Å²) in [6.45, 7) is 5.32. The minimum absolute atomic E-state index is 0.136. The number of ether oxygens (including phenoxy) is 1. The van der Waals surface area contributed by atoms with E-state index in [1.807, 2.05) is 0 Å². The Morgan fingerprint density at radius 1 is 1.02 bits per heavy atom. The molecule has 11 heteroatoms. The molecule has 2 aliphatic rings. The Bertz CT molecular complexity index is 1590. The van der Waals surface area contributed by atoms with Gasteiger partial charge in [0.05, 0.1) is 24.2 Å². The maximum Gasteiger partial charge on any atom is 0.296 e. The van der Waals surface area contributed by atoms with Gasteiger partial charge in [0.2, 0.25) is 0 Å². The van der Waals surface area contributed by atoms with Crippen LogP contribution < -0.4 is 4.90 Å². The van der Waals surface area contributed by atoms with Crippen LogP contribution in [0.25, 0.3) is 16.9 Å². The number of carbonyl (C=O) groups is 1. The summed E-state index contributed by atoms with van der Waals surface area (Å²) in [7, 11) is 0. The van der Waals surface area contributed by atoms with Crippen molar-refractivity contribution < 1.29 is 22.7 Å². The molecule has 6 rings (SSSR count). The van der Waals surface area contributed by atoms with Gasteiger partial charge in [-0.2, -0.15) is 0 Å². The van der Waals surface area contributed by atoms with Gasteiger partial charge in [-0.05, 0) is 61.9 Å². The topological polar surface area (TPSA) is 76.4 Å². The number of halogens is 3. The molecule has 0 unspecified atom stereocenters. The SMILES string of the molecule is Cc1c(F)cccc1C(=O)N1CC[C@H](CCCc2nc(N3CCOCC3)cc(-n3c(C(F)F)nc4ccccc43)n2)C1. The maximum atomic E-state index is 14.1. The number of carbonyl (C=O) groups excluding carboxylic acids is 1. The van der Waals surface area contributed by atoms with Crippen LogP contribution in [0.4, 0.5) is 19.0 Å². The van der Waals surface area contributed by atoms with Crippen LogP contribution in [-0.2, 0) is 11.2 Å². The molecular formula is C31H33F3N6O2. The number of hydrogen-bond acceptors (Lipinski definition) is 6. The fourth-order valence-corrected chi connectivity index (χ4v) is 5.89. The Morgan fingerprint density at radius 2 is 1.81 bits per heavy atom. The van der Waals surface area contributed by atoms with E-state index in [-0.39, 0.29) is 17.5 Å².